The normalized spacial score (nSPS) is 10.8. The van der Waals surface area contributed by atoms with Crippen molar-refractivity contribution in [1.29, 1.82) is 0 Å². The Balaban J connectivity index is 2.21. The molecule has 0 atom stereocenters. The molecular formula is C15H12N2O2. The van der Waals surface area contributed by atoms with Gasteiger partial charge in [0.15, 0.2) is 11.5 Å². The van der Waals surface area contributed by atoms with Crippen LogP contribution in [-0.2, 0) is 0 Å². The Morgan fingerprint density at radius 1 is 1.21 bits per heavy atom. The highest BCUT2D eigenvalue weighted by Crippen LogP contribution is 2.27. The molecule has 0 bridgehead atoms. The fourth-order valence-corrected chi connectivity index (χ4v) is 2.16. The van der Waals surface area contributed by atoms with Crippen LogP contribution in [-0.4, -0.2) is 10.9 Å². The second kappa shape index (κ2) is 4.24. The van der Waals surface area contributed by atoms with E-state index >= 15 is 0 Å². The summed E-state index contributed by atoms with van der Waals surface area (Å²) in [7, 11) is 0. The standard InChI is InChI=1S/C15H12N2O2/c1-9-17-13-7-6-10(8-14(13)19-9)11-4-2-3-5-12(11)15(16)18/h2-8H,1H3,(H2,16,18). The topological polar surface area (TPSA) is 69.1 Å². The average molecular weight is 252 g/mol. The molecule has 3 rings (SSSR count). The van der Waals surface area contributed by atoms with E-state index in [1.807, 2.05) is 30.3 Å². The molecule has 0 aliphatic heterocycles. The van der Waals surface area contributed by atoms with E-state index in [4.69, 9.17) is 10.2 Å². The summed E-state index contributed by atoms with van der Waals surface area (Å²) < 4.78 is 5.50. The maximum absolute atomic E-state index is 11.4. The molecule has 0 aliphatic rings. The van der Waals surface area contributed by atoms with Crippen molar-refractivity contribution in [3.63, 3.8) is 0 Å². The van der Waals surface area contributed by atoms with Gasteiger partial charge < -0.3 is 10.2 Å². The van der Waals surface area contributed by atoms with Crippen LogP contribution in [0.15, 0.2) is 46.9 Å². The van der Waals surface area contributed by atoms with Gasteiger partial charge >= 0.3 is 0 Å². The lowest BCUT2D eigenvalue weighted by molar-refractivity contribution is 0.100. The van der Waals surface area contributed by atoms with Crippen LogP contribution in [0.1, 0.15) is 16.2 Å². The van der Waals surface area contributed by atoms with Gasteiger partial charge in [-0.1, -0.05) is 24.3 Å². The maximum atomic E-state index is 11.4. The van der Waals surface area contributed by atoms with Crippen molar-refractivity contribution in [2.24, 2.45) is 5.73 Å². The molecule has 0 radical (unpaired) electrons. The summed E-state index contributed by atoms with van der Waals surface area (Å²) in [5.74, 6) is 0.180. The molecule has 2 aromatic carbocycles. The third-order valence-corrected chi connectivity index (χ3v) is 3.00. The SMILES string of the molecule is Cc1nc2ccc(-c3ccccc3C(N)=O)cc2o1. The van der Waals surface area contributed by atoms with Crippen LogP contribution in [0.25, 0.3) is 22.2 Å². The molecule has 4 nitrogen and oxygen atoms in total. The second-order valence-electron chi connectivity index (χ2n) is 4.33. The summed E-state index contributed by atoms with van der Waals surface area (Å²) in [4.78, 5) is 15.7. The van der Waals surface area contributed by atoms with Crippen LogP contribution in [0.4, 0.5) is 0 Å². The van der Waals surface area contributed by atoms with Gasteiger partial charge in [0.05, 0.1) is 0 Å². The van der Waals surface area contributed by atoms with Gasteiger partial charge in [0.1, 0.15) is 5.52 Å². The monoisotopic (exact) mass is 252 g/mol. The number of fused-ring (bicyclic) bond motifs is 1. The van der Waals surface area contributed by atoms with E-state index in [9.17, 15) is 4.79 Å². The van der Waals surface area contributed by atoms with Crippen LogP contribution in [0.2, 0.25) is 0 Å². The van der Waals surface area contributed by atoms with Crippen LogP contribution in [0.5, 0.6) is 0 Å². The second-order valence-corrected chi connectivity index (χ2v) is 4.33. The molecule has 3 aromatic rings. The number of oxazole rings is 1. The van der Waals surface area contributed by atoms with E-state index in [0.717, 1.165) is 16.6 Å². The molecule has 0 fully saturated rings. The molecule has 94 valence electrons. The molecule has 1 aromatic heterocycles. The predicted molar refractivity (Wildman–Crippen MR) is 72.7 cm³/mol. The van der Waals surface area contributed by atoms with Gasteiger partial charge in [-0.3, -0.25) is 4.79 Å². The van der Waals surface area contributed by atoms with Crippen molar-refractivity contribution in [3.05, 3.63) is 53.9 Å². The van der Waals surface area contributed by atoms with Gasteiger partial charge in [-0.2, -0.15) is 0 Å². The Morgan fingerprint density at radius 2 is 2.00 bits per heavy atom. The van der Waals surface area contributed by atoms with Gasteiger partial charge in [0.2, 0.25) is 5.91 Å². The highest BCUT2D eigenvalue weighted by Gasteiger charge is 2.11. The van der Waals surface area contributed by atoms with Gasteiger partial charge in [-0.25, -0.2) is 4.98 Å². The number of aromatic nitrogens is 1. The largest absolute Gasteiger partial charge is 0.441 e. The molecule has 0 spiro atoms. The van der Waals surface area contributed by atoms with E-state index in [0.29, 0.717) is 17.0 Å². The first-order chi connectivity index (χ1) is 9.15. The molecular weight excluding hydrogens is 240 g/mol. The summed E-state index contributed by atoms with van der Waals surface area (Å²) >= 11 is 0. The first-order valence-corrected chi connectivity index (χ1v) is 5.91. The van der Waals surface area contributed by atoms with E-state index in [-0.39, 0.29) is 0 Å². The van der Waals surface area contributed by atoms with Crippen molar-refractivity contribution in [2.75, 3.05) is 0 Å². The minimum absolute atomic E-state index is 0.440. The lowest BCUT2D eigenvalue weighted by Gasteiger charge is -2.06. The van der Waals surface area contributed by atoms with E-state index in [1.165, 1.54) is 0 Å². The Morgan fingerprint density at radius 3 is 2.79 bits per heavy atom. The maximum Gasteiger partial charge on any atom is 0.249 e. The summed E-state index contributed by atoms with van der Waals surface area (Å²) in [6, 6.07) is 12.9. The Hall–Kier alpha value is -2.62. The third-order valence-electron chi connectivity index (χ3n) is 3.00. The molecule has 2 N–H and O–H groups in total. The highest BCUT2D eigenvalue weighted by molar-refractivity contribution is 6.00. The number of hydrogen-bond donors (Lipinski definition) is 1. The minimum Gasteiger partial charge on any atom is -0.441 e. The molecule has 1 amide bonds. The van der Waals surface area contributed by atoms with E-state index in [2.05, 4.69) is 4.98 Å². The van der Waals surface area contributed by atoms with Crippen LogP contribution in [0.3, 0.4) is 0 Å². The van der Waals surface area contributed by atoms with Crippen LogP contribution >= 0.6 is 0 Å². The van der Waals surface area contributed by atoms with Crippen molar-refractivity contribution in [3.8, 4) is 11.1 Å². The van der Waals surface area contributed by atoms with Gasteiger partial charge in [0, 0.05) is 12.5 Å². The number of nitrogens with two attached hydrogens (primary N) is 1. The number of benzene rings is 2. The average Bonchev–Trinajstić information content (AvgIpc) is 2.77. The molecule has 0 saturated heterocycles. The lowest BCUT2D eigenvalue weighted by atomic mass is 9.99. The van der Waals surface area contributed by atoms with E-state index < -0.39 is 5.91 Å². The van der Waals surface area contributed by atoms with Crippen molar-refractivity contribution in [1.82, 2.24) is 4.98 Å². The summed E-state index contributed by atoms with van der Waals surface area (Å²) in [5, 5.41) is 0. The quantitative estimate of drug-likeness (QED) is 0.762. The first kappa shape index (κ1) is 11.5. The highest BCUT2D eigenvalue weighted by atomic mass is 16.3. The van der Waals surface area contributed by atoms with Crippen molar-refractivity contribution in [2.45, 2.75) is 6.92 Å². The molecule has 0 aliphatic carbocycles. The summed E-state index contributed by atoms with van der Waals surface area (Å²) in [5.41, 5.74) is 9.08. The molecule has 0 unspecified atom stereocenters. The Labute approximate surface area is 109 Å². The Bertz CT molecular complexity index is 775. The van der Waals surface area contributed by atoms with Crippen molar-refractivity contribution >= 4 is 17.0 Å². The number of carbonyl (C=O) groups excluding carboxylic acids is 1. The minimum atomic E-state index is -0.440. The number of nitrogens with zero attached hydrogens (tertiary/aromatic N) is 1. The zero-order valence-corrected chi connectivity index (χ0v) is 10.4. The first-order valence-electron chi connectivity index (χ1n) is 5.91. The summed E-state index contributed by atoms with van der Waals surface area (Å²) in [6.07, 6.45) is 0. The number of rotatable bonds is 2. The van der Waals surface area contributed by atoms with Gasteiger partial charge in [-0.05, 0) is 29.3 Å². The smallest absolute Gasteiger partial charge is 0.249 e. The van der Waals surface area contributed by atoms with Crippen molar-refractivity contribution < 1.29 is 9.21 Å². The Kier molecular flexibility index (Phi) is 2.56. The molecule has 4 heteroatoms. The zero-order chi connectivity index (χ0) is 13.4. The van der Waals surface area contributed by atoms with Gasteiger partial charge in [-0.15, -0.1) is 0 Å². The third kappa shape index (κ3) is 1.97. The fraction of sp³-hybridized carbons (Fsp3) is 0.0667. The van der Waals surface area contributed by atoms with Crippen LogP contribution in [0, 0.1) is 6.92 Å². The fourth-order valence-electron chi connectivity index (χ4n) is 2.16. The number of primary amides is 1. The lowest BCUT2D eigenvalue weighted by Crippen LogP contribution is -2.12. The number of aryl methyl sites for hydroxylation is 1. The molecule has 1 heterocycles. The van der Waals surface area contributed by atoms with E-state index in [1.54, 1.807) is 19.1 Å². The molecule has 19 heavy (non-hydrogen) atoms. The summed E-state index contributed by atoms with van der Waals surface area (Å²) in [6.45, 7) is 1.80. The predicted octanol–water partition coefficient (Wildman–Crippen LogP) is 2.90. The number of amides is 1. The number of hydrogen-bond acceptors (Lipinski definition) is 3. The number of carbonyl (C=O) groups is 1. The molecule has 0 saturated carbocycles. The van der Waals surface area contributed by atoms with Crippen LogP contribution < -0.4 is 5.73 Å². The zero-order valence-electron chi connectivity index (χ0n) is 10.4. The van der Waals surface area contributed by atoms with Gasteiger partial charge in [0.25, 0.3) is 0 Å².